The van der Waals surface area contributed by atoms with Crippen LogP contribution < -0.4 is 10.4 Å². The molecular formula is C41H44Si2. The van der Waals surface area contributed by atoms with E-state index in [0.29, 0.717) is 0 Å². The van der Waals surface area contributed by atoms with E-state index >= 15 is 0 Å². The Morgan fingerprint density at radius 1 is 0.395 bits per heavy atom. The van der Waals surface area contributed by atoms with Crippen LogP contribution in [-0.2, 0) is 0 Å². The van der Waals surface area contributed by atoms with Crippen LogP contribution in [0.4, 0.5) is 0 Å². The molecule has 0 nitrogen and oxygen atoms in total. The minimum atomic E-state index is -1.38. The first kappa shape index (κ1) is 29.4. The highest BCUT2D eigenvalue weighted by Gasteiger charge is 2.21. The lowest BCUT2D eigenvalue weighted by Gasteiger charge is -2.21. The maximum Gasteiger partial charge on any atom is 0.0775 e. The molecule has 0 unspecified atom stereocenters. The Kier molecular flexibility index (Phi) is 7.35. The highest BCUT2D eigenvalue weighted by molar-refractivity contribution is 6.89. The molecule has 0 radical (unpaired) electrons. The molecule has 0 heterocycles. The number of rotatable bonds is 5. The molecule has 0 spiro atoms. The molecule has 0 amide bonds. The molecule has 0 fully saturated rings. The lowest BCUT2D eigenvalue weighted by atomic mass is 9.83. The lowest BCUT2D eigenvalue weighted by Crippen LogP contribution is -2.37. The molecule has 6 rings (SSSR count). The van der Waals surface area contributed by atoms with Gasteiger partial charge in [-0.25, -0.2) is 0 Å². The maximum absolute atomic E-state index is 2.47. The summed E-state index contributed by atoms with van der Waals surface area (Å²) in [4.78, 5) is 0. The first-order chi connectivity index (χ1) is 20.3. The van der Waals surface area contributed by atoms with E-state index in [-0.39, 0.29) is 0 Å². The largest absolute Gasteiger partial charge is 0.0775 e. The monoisotopic (exact) mass is 592 g/mol. The van der Waals surface area contributed by atoms with Gasteiger partial charge in [-0.15, -0.1) is 0 Å². The van der Waals surface area contributed by atoms with Crippen molar-refractivity contribution in [1.82, 2.24) is 0 Å². The second kappa shape index (κ2) is 10.8. The van der Waals surface area contributed by atoms with Crippen molar-refractivity contribution in [3.63, 3.8) is 0 Å². The van der Waals surface area contributed by atoms with Gasteiger partial charge in [0.05, 0.1) is 16.1 Å². The summed E-state index contributed by atoms with van der Waals surface area (Å²) in [5.41, 5.74) is 11.9. The SMILES string of the molecule is Cc1cc(C)c(-c2c3cccc(-c4ccc([Si](C)(C)C)cc4)c3cc3c(-c4ccc([Si](C)(C)C)cc4)cccc23)c(C)c1. The standard InChI is InChI=1S/C41H44Si2/c1-27-24-28(2)40(29(3)25-27)41-36-14-10-12-34(30-16-20-32(21-17-30)42(4,5)6)38(36)26-39-35(13-11-15-37(39)41)31-18-22-33(23-19-31)43(7,8)9/h10-26H,1-9H3. The molecule has 0 saturated carbocycles. The van der Waals surface area contributed by atoms with E-state index in [1.165, 1.54) is 82.0 Å². The molecule has 6 aromatic rings. The molecule has 6 aromatic carbocycles. The molecule has 0 saturated heterocycles. The first-order valence-electron chi connectivity index (χ1n) is 15.6. The van der Waals surface area contributed by atoms with Crippen molar-refractivity contribution >= 4 is 48.1 Å². The van der Waals surface area contributed by atoms with Gasteiger partial charge in [0.2, 0.25) is 0 Å². The minimum Gasteiger partial charge on any atom is -0.0656 e. The molecule has 0 aliphatic rings. The fourth-order valence-electron chi connectivity index (χ4n) is 6.81. The van der Waals surface area contributed by atoms with Gasteiger partial charge in [-0.1, -0.05) is 152 Å². The van der Waals surface area contributed by atoms with Gasteiger partial charge >= 0.3 is 0 Å². The summed E-state index contributed by atoms with van der Waals surface area (Å²) in [6, 6.07) is 39.7. The van der Waals surface area contributed by atoms with Crippen molar-refractivity contribution in [2.75, 3.05) is 0 Å². The molecule has 216 valence electrons. The molecule has 0 atom stereocenters. The van der Waals surface area contributed by atoms with Crippen molar-refractivity contribution in [2.24, 2.45) is 0 Å². The maximum atomic E-state index is 2.47. The second-order valence-corrected chi connectivity index (χ2v) is 24.6. The molecule has 0 bridgehead atoms. The smallest absolute Gasteiger partial charge is 0.0656 e. The molecule has 0 aliphatic carbocycles. The summed E-state index contributed by atoms with van der Waals surface area (Å²) in [6.07, 6.45) is 0. The van der Waals surface area contributed by atoms with Crippen LogP contribution in [0.1, 0.15) is 16.7 Å². The molecular weight excluding hydrogens is 549 g/mol. The second-order valence-electron chi connectivity index (χ2n) is 14.5. The third-order valence-electron chi connectivity index (χ3n) is 9.09. The van der Waals surface area contributed by atoms with Gasteiger partial charge in [-0.2, -0.15) is 0 Å². The number of hydrogen-bond acceptors (Lipinski definition) is 0. The van der Waals surface area contributed by atoms with E-state index in [4.69, 9.17) is 0 Å². The van der Waals surface area contributed by atoms with Crippen LogP contribution in [0.3, 0.4) is 0 Å². The van der Waals surface area contributed by atoms with E-state index in [1.807, 2.05) is 0 Å². The van der Waals surface area contributed by atoms with Crippen molar-refractivity contribution in [3.05, 3.63) is 120 Å². The fourth-order valence-corrected chi connectivity index (χ4v) is 9.15. The van der Waals surface area contributed by atoms with Gasteiger partial charge in [0.15, 0.2) is 0 Å². The summed E-state index contributed by atoms with van der Waals surface area (Å²) in [5, 5.41) is 8.27. The summed E-state index contributed by atoms with van der Waals surface area (Å²) in [7, 11) is -2.75. The van der Waals surface area contributed by atoms with Crippen molar-refractivity contribution in [3.8, 4) is 33.4 Å². The van der Waals surface area contributed by atoms with Crippen LogP contribution in [0, 0.1) is 20.8 Å². The van der Waals surface area contributed by atoms with Crippen molar-refractivity contribution in [1.29, 1.82) is 0 Å². The fraction of sp³-hybridized carbons (Fsp3) is 0.220. The summed E-state index contributed by atoms with van der Waals surface area (Å²) < 4.78 is 0. The Morgan fingerprint density at radius 2 is 0.791 bits per heavy atom. The number of benzene rings is 6. The predicted octanol–water partition coefficient (Wildman–Crippen LogP) is 11.0. The predicted molar refractivity (Wildman–Crippen MR) is 198 cm³/mol. The van der Waals surface area contributed by atoms with E-state index in [1.54, 1.807) is 0 Å². The average molecular weight is 593 g/mol. The lowest BCUT2D eigenvalue weighted by molar-refractivity contribution is 1.33. The minimum absolute atomic E-state index is 1.28. The van der Waals surface area contributed by atoms with Gasteiger partial charge in [-0.3, -0.25) is 0 Å². The van der Waals surface area contributed by atoms with Crippen LogP contribution >= 0.6 is 0 Å². The van der Waals surface area contributed by atoms with Crippen LogP contribution in [0.15, 0.2) is 103 Å². The van der Waals surface area contributed by atoms with Gasteiger partial charge in [0.1, 0.15) is 0 Å². The topological polar surface area (TPSA) is 0 Å². The molecule has 43 heavy (non-hydrogen) atoms. The summed E-state index contributed by atoms with van der Waals surface area (Å²) >= 11 is 0. The molecule has 2 heteroatoms. The Morgan fingerprint density at radius 3 is 1.16 bits per heavy atom. The Hall–Kier alpha value is -3.73. The quantitative estimate of drug-likeness (QED) is 0.138. The third kappa shape index (κ3) is 5.43. The van der Waals surface area contributed by atoms with E-state index in [0.717, 1.165) is 0 Å². The number of hydrogen-bond donors (Lipinski definition) is 0. The third-order valence-corrected chi connectivity index (χ3v) is 13.2. The van der Waals surface area contributed by atoms with Crippen LogP contribution in [0.25, 0.3) is 54.9 Å². The first-order valence-corrected chi connectivity index (χ1v) is 22.6. The van der Waals surface area contributed by atoms with Gasteiger partial charge in [0.25, 0.3) is 0 Å². The van der Waals surface area contributed by atoms with Gasteiger partial charge < -0.3 is 0 Å². The zero-order chi connectivity index (χ0) is 30.7. The van der Waals surface area contributed by atoms with Crippen molar-refractivity contribution in [2.45, 2.75) is 60.1 Å². The molecule has 0 aliphatic heterocycles. The van der Waals surface area contributed by atoms with Crippen LogP contribution in [-0.4, -0.2) is 16.1 Å². The van der Waals surface area contributed by atoms with E-state index in [2.05, 4.69) is 163 Å². The Bertz CT molecular complexity index is 1840. The average Bonchev–Trinajstić information content (AvgIpc) is 2.95. The van der Waals surface area contributed by atoms with E-state index < -0.39 is 16.1 Å². The Balaban J connectivity index is 1.70. The summed E-state index contributed by atoms with van der Waals surface area (Å²) in [5.74, 6) is 0. The Labute approximate surface area is 260 Å². The van der Waals surface area contributed by atoms with Gasteiger partial charge in [-0.05, 0) is 92.9 Å². The van der Waals surface area contributed by atoms with Gasteiger partial charge in [0, 0.05) is 0 Å². The van der Waals surface area contributed by atoms with Crippen LogP contribution in [0.5, 0.6) is 0 Å². The summed E-state index contributed by atoms with van der Waals surface area (Å²) in [6.45, 7) is 21.3. The highest BCUT2D eigenvalue weighted by atomic mass is 28.3. The normalized spacial score (nSPS) is 12.3. The number of fused-ring (bicyclic) bond motifs is 2. The molecule has 0 aromatic heterocycles. The van der Waals surface area contributed by atoms with Crippen LogP contribution in [0.2, 0.25) is 39.3 Å². The number of aryl methyl sites for hydroxylation is 3. The zero-order valence-corrected chi connectivity index (χ0v) is 29.3. The molecule has 0 N–H and O–H groups in total. The zero-order valence-electron chi connectivity index (χ0n) is 27.3. The van der Waals surface area contributed by atoms with E-state index in [9.17, 15) is 0 Å². The highest BCUT2D eigenvalue weighted by Crippen LogP contribution is 2.44. The van der Waals surface area contributed by atoms with Crippen molar-refractivity contribution < 1.29 is 0 Å².